The summed E-state index contributed by atoms with van der Waals surface area (Å²) in [5.41, 5.74) is 7.06. The van der Waals surface area contributed by atoms with Crippen molar-refractivity contribution in [3.63, 3.8) is 0 Å². The van der Waals surface area contributed by atoms with Gasteiger partial charge in [-0.1, -0.05) is 24.3 Å². The predicted octanol–water partition coefficient (Wildman–Crippen LogP) is 4.91. The van der Waals surface area contributed by atoms with Crippen molar-refractivity contribution in [1.29, 1.82) is 0 Å². The van der Waals surface area contributed by atoms with E-state index in [1.165, 1.54) is 0 Å². The lowest BCUT2D eigenvalue weighted by Gasteiger charge is -2.25. The number of carboxylic acid groups (broad SMARTS) is 1. The Kier molecular flexibility index (Phi) is 9.42. The number of aliphatic hydroxyl groups is 1. The van der Waals surface area contributed by atoms with Crippen LogP contribution in [0.25, 0.3) is 22.2 Å². The van der Waals surface area contributed by atoms with Crippen molar-refractivity contribution in [2.75, 3.05) is 36.8 Å². The number of likely N-dealkylation sites (tertiary alicyclic amines) is 1. The quantitative estimate of drug-likeness (QED) is 0.157. The molecule has 0 unspecified atom stereocenters. The van der Waals surface area contributed by atoms with Gasteiger partial charge in [-0.15, -0.1) is 0 Å². The van der Waals surface area contributed by atoms with E-state index < -0.39 is 18.2 Å². The van der Waals surface area contributed by atoms with Crippen LogP contribution in [0.5, 0.6) is 0 Å². The van der Waals surface area contributed by atoms with Gasteiger partial charge in [0.25, 0.3) is 12.3 Å². The Bertz CT molecular complexity index is 2140. The van der Waals surface area contributed by atoms with Crippen LogP contribution in [-0.2, 0) is 24.4 Å². The van der Waals surface area contributed by atoms with E-state index in [1.54, 1.807) is 27.9 Å². The number of amides is 1. The van der Waals surface area contributed by atoms with Gasteiger partial charge in [0, 0.05) is 50.3 Å². The first-order chi connectivity index (χ1) is 24.5. The van der Waals surface area contributed by atoms with E-state index in [2.05, 4.69) is 35.6 Å². The minimum absolute atomic E-state index is 0.0784. The molecule has 2 aromatic carbocycles. The molecule has 2 aliphatic heterocycles. The maximum absolute atomic E-state index is 14.0. The van der Waals surface area contributed by atoms with Gasteiger partial charge in [0.05, 0.1) is 30.4 Å². The maximum Gasteiger partial charge on any atom is 0.317 e. The number of halogens is 2. The van der Waals surface area contributed by atoms with E-state index >= 15 is 0 Å². The van der Waals surface area contributed by atoms with E-state index in [9.17, 15) is 23.5 Å². The minimum atomic E-state index is -2.89. The number of nitrogens with zero attached hydrogens (tertiary/aromatic N) is 7. The molecule has 264 valence electrons. The highest BCUT2D eigenvalue weighted by atomic mass is 19.3. The van der Waals surface area contributed by atoms with Crippen LogP contribution < -0.4 is 10.6 Å². The van der Waals surface area contributed by atoms with E-state index in [1.807, 2.05) is 50.2 Å². The van der Waals surface area contributed by atoms with Crippen LogP contribution in [0.2, 0.25) is 0 Å². The topological polar surface area (TPSA) is 162 Å². The molecule has 13 nitrogen and oxygen atoms in total. The fraction of sp³-hybridized carbons (Fsp3) is 0.333. The van der Waals surface area contributed by atoms with Crippen LogP contribution in [0.4, 0.5) is 26.0 Å². The van der Waals surface area contributed by atoms with Gasteiger partial charge < -0.3 is 20.8 Å². The predicted molar refractivity (Wildman–Crippen MR) is 186 cm³/mol. The second-order valence-corrected chi connectivity index (χ2v) is 13.0. The number of fused-ring (bicyclic) bond motifs is 2. The molecule has 3 aromatic heterocycles. The highest BCUT2D eigenvalue weighted by Gasteiger charge is 2.24. The van der Waals surface area contributed by atoms with Gasteiger partial charge >= 0.3 is 5.97 Å². The van der Waals surface area contributed by atoms with Gasteiger partial charge in [0.1, 0.15) is 5.52 Å². The Morgan fingerprint density at radius 2 is 1.73 bits per heavy atom. The number of anilines is 3. The maximum atomic E-state index is 14.0. The number of carbonyl (C=O) groups is 2. The fourth-order valence-corrected chi connectivity index (χ4v) is 6.76. The van der Waals surface area contributed by atoms with Gasteiger partial charge in [-0.25, -0.2) is 18.7 Å². The Hall–Kier alpha value is -5.38. The zero-order valence-corrected chi connectivity index (χ0v) is 28.1. The lowest BCUT2D eigenvalue weighted by molar-refractivity contribution is -0.138. The highest BCUT2D eigenvalue weighted by Crippen LogP contribution is 2.36. The Morgan fingerprint density at radius 3 is 2.43 bits per heavy atom. The molecule has 1 amide bonds. The van der Waals surface area contributed by atoms with Crippen LogP contribution in [0.15, 0.2) is 54.7 Å². The third-order valence-electron chi connectivity index (χ3n) is 9.39. The lowest BCUT2D eigenvalue weighted by Crippen LogP contribution is -2.37. The molecular weight excluding hydrogens is 660 g/mol. The molecule has 0 radical (unpaired) electrons. The molecule has 1 saturated heterocycles. The number of benzene rings is 2. The van der Waals surface area contributed by atoms with Gasteiger partial charge in [0.2, 0.25) is 0 Å². The van der Waals surface area contributed by atoms with E-state index in [0.29, 0.717) is 61.6 Å². The van der Waals surface area contributed by atoms with Crippen molar-refractivity contribution in [2.24, 2.45) is 0 Å². The molecule has 15 heteroatoms. The van der Waals surface area contributed by atoms with Crippen LogP contribution in [0, 0.1) is 13.8 Å². The van der Waals surface area contributed by atoms with Gasteiger partial charge in [-0.3, -0.25) is 29.1 Å². The summed E-state index contributed by atoms with van der Waals surface area (Å²) in [6.45, 7) is 6.96. The van der Waals surface area contributed by atoms with Gasteiger partial charge in [0.15, 0.2) is 17.3 Å². The summed E-state index contributed by atoms with van der Waals surface area (Å²) in [5.74, 6) is -1.73. The molecule has 0 spiro atoms. The molecule has 0 aliphatic carbocycles. The number of carbonyl (C=O) groups excluding carboxylic acids is 1. The van der Waals surface area contributed by atoms with E-state index in [0.717, 1.165) is 40.1 Å². The number of aromatic nitrogens is 5. The molecule has 1 atom stereocenters. The number of alkyl halides is 2. The summed E-state index contributed by atoms with van der Waals surface area (Å²) in [4.78, 5) is 41.2. The number of carboxylic acids is 1. The number of aliphatic hydroxyl groups excluding tert-OH is 1. The average molecular weight is 698 g/mol. The van der Waals surface area contributed by atoms with Crippen LogP contribution in [0.1, 0.15) is 51.5 Å². The number of aliphatic carboxylic acids is 1. The van der Waals surface area contributed by atoms with Crippen molar-refractivity contribution in [1.82, 2.24) is 34.5 Å². The SMILES string of the molecule is Cc1c(NC(=O)c2cc3n(n2)CCN(CC(=O)O)C3)cccc1-c1cccc(Nc2nc(C(F)F)nc3cc(CN4CC[C@@H](O)C4)cnc23)c1C. The first kappa shape index (κ1) is 34.1. The summed E-state index contributed by atoms with van der Waals surface area (Å²) in [6, 6.07) is 14.7. The summed E-state index contributed by atoms with van der Waals surface area (Å²) in [7, 11) is 0. The van der Waals surface area contributed by atoms with Crippen molar-refractivity contribution < 1.29 is 28.6 Å². The Labute approximate surface area is 292 Å². The smallest absolute Gasteiger partial charge is 0.317 e. The minimum Gasteiger partial charge on any atom is -0.480 e. The summed E-state index contributed by atoms with van der Waals surface area (Å²) in [5, 5.41) is 29.7. The van der Waals surface area contributed by atoms with Crippen molar-refractivity contribution in [3.8, 4) is 11.1 Å². The van der Waals surface area contributed by atoms with Crippen LogP contribution >= 0.6 is 0 Å². The molecule has 0 bridgehead atoms. The first-order valence-electron chi connectivity index (χ1n) is 16.7. The fourth-order valence-electron chi connectivity index (χ4n) is 6.76. The zero-order valence-electron chi connectivity index (χ0n) is 28.1. The second-order valence-electron chi connectivity index (χ2n) is 13.0. The molecular formula is C36H37F2N9O4. The third kappa shape index (κ3) is 7.27. The summed E-state index contributed by atoms with van der Waals surface area (Å²) in [6.07, 6.45) is -0.892. The van der Waals surface area contributed by atoms with Crippen molar-refractivity contribution in [3.05, 3.63) is 88.6 Å². The monoisotopic (exact) mass is 697 g/mol. The number of hydrogen-bond acceptors (Lipinski definition) is 10. The highest BCUT2D eigenvalue weighted by molar-refractivity contribution is 6.04. The number of rotatable bonds is 10. The zero-order chi connectivity index (χ0) is 35.8. The first-order valence-corrected chi connectivity index (χ1v) is 16.7. The van der Waals surface area contributed by atoms with E-state index in [4.69, 9.17) is 5.11 Å². The molecule has 0 saturated carbocycles. The molecule has 5 heterocycles. The molecule has 2 aliphatic rings. The summed E-state index contributed by atoms with van der Waals surface area (Å²) < 4.78 is 29.7. The Morgan fingerprint density at radius 1 is 0.980 bits per heavy atom. The molecule has 7 rings (SSSR count). The third-order valence-corrected chi connectivity index (χ3v) is 9.39. The number of β-amino-alcohol motifs (C(OH)–C–C–N with tert-alkyl or cyclic N) is 1. The van der Waals surface area contributed by atoms with Crippen LogP contribution in [-0.4, -0.2) is 88.9 Å². The van der Waals surface area contributed by atoms with Crippen molar-refractivity contribution >= 4 is 40.1 Å². The standard InChI is InChI=1S/C36H37F2N9O4/c1-20-25(26-6-4-8-28(21(26)2)42-36(51)30-14-23-17-46(19-31(49)50)11-12-47(23)44-30)5-3-7-27(20)40-34-32-29(41-35(43-34)33(37)38)13-22(15-39-32)16-45-10-9-24(48)18-45/h3-8,13-15,24,33,48H,9-12,16-19H2,1-2H3,(H,42,51)(H,49,50)(H,40,41,43)/t24-/m1/s1. The van der Waals surface area contributed by atoms with E-state index in [-0.39, 0.29) is 30.1 Å². The molecule has 1 fully saturated rings. The molecule has 5 aromatic rings. The van der Waals surface area contributed by atoms with Gasteiger partial charge in [-0.05, 0) is 72.4 Å². The Balaban J connectivity index is 1.13. The largest absolute Gasteiger partial charge is 0.480 e. The number of pyridine rings is 1. The van der Waals surface area contributed by atoms with Gasteiger partial charge in [-0.2, -0.15) is 5.10 Å². The number of nitrogens with one attached hydrogen (secondary N) is 2. The lowest BCUT2D eigenvalue weighted by atomic mass is 9.94. The normalized spacial score (nSPS) is 16.5. The van der Waals surface area contributed by atoms with Crippen molar-refractivity contribution in [2.45, 2.75) is 52.4 Å². The average Bonchev–Trinajstić information content (AvgIpc) is 3.71. The summed E-state index contributed by atoms with van der Waals surface area (Å²) >= 11 is 0. The second kappa shape index (κ2) is 14.1. The number of hydrogen-bond donors (Lipinski definition) is 4. The van der Waals surface area contributed by atoms with Crippen LogP contribution in [0.3, 0.4) is 0 Å². The molecule has 51 heavy (non-hydrogen) atoms. The molecule has 4 N–H and O–H groups in total.